The molecule has 0 N–H and O–H groups in total. The number of allylic oxidation sites excluding steroid dienone is 1. The van der Waals surface area contributed by atoms with Gasteiger partial charge in [-0.15, -0.1) is 6.58 Å². The Labute approximate surface area is 55.4 Å². The summed E-state index contributed by atoms with van der Waals surface area (Å²) in [6, 6.07) is 0. The second-order valence-corrected chi connectivity index (χ2v) is 7.16. The maximum absolute atomic E-state index is 3.67. The number of halogens is 1. The lowest BCUT2D eigenvalue weighted by atomic mass is 10.8. The fraction of sp³-hybridized carbons (Fsp3) is 0.600. The molecule has 0 radical (unpaired) electrons. The quantitative estimate of drug-likeness (QED) is 0.345. The van der Waals surface area contributed by atoms with E-state index in [1.807, 2.05) is 6.08 Å². The van der Waals surface area contributed by atoms with Crippen LogP contribution < -0.4 is 0 Å². The molecule has 0 fully saturated rings. The molecule has 1 unspecified atom stereocenters. The summed E-state index contributed by atoms with van der Waals surface area (Å²) in [5.74, 6) is 0. The Balaban J connectivity index is 3.33. The van der Waals surface area contributed by atoms with Crippen molar-refractivity contribution in [3.8, 4) is 0 Å². The van der Waals surface area contributed by atoms with E-state index in [2.05, 4.69) is 35.6 Å². The topological polar surface area (TPSA) is 0 Å². The maximum atomic E-state index is 3.67. The summed E-state index contributed by atoms with van der Waals surface area (Å²) >= 11 is 3.48. The van der Waals surface area contributed by atoms with Gasteiger partial charge in [-0.25, -0.2) is 0 Å². The third-order valence-corrected chi connectivity index (χ3v) is 5.95. The molecule has 0 aliphatic heterocycles. The van der Waals surface area contributed by atoms with Crippen molar-refractivity contribution < 1.29 is 0 Å². The second-order valence-electron chi connectivity index (χ2n) is 1.92. The van der Waals surface area contributed by atoms with Crippen LogP contribution in [0, 0.1) is 0 Å². The number of hydrogen-bond acceptors (Lipinski definition) is 0. The molecular weight excluding hydrogens is 168 g/mol. The minimum Gasteiger partial charge on any atom is -0.102 e. The van der Waals surface area contributed by atoms with E-state index in [0.717, 1.165) is 0 Å². The van der Waals surface area contributed by atoms with Gasteiger partial charge in [-0.2, -0.15) is 0 Å². The van der Waals surface area contributed by atoms with E-state index in [0.29, 0.717) is 4.45 Å². The van der Waals surface area contributed by atoms with E-state index in [-0.39, 0.29) is 0 Å². The Hall–Kier alpha value is 0.437. The van der Waals surface area contributed by atoms with Gasteiger partial charge in [-0.05, 0) is 0 Å². The second kappa shape index (κ2) is 3.44. The van der Waals surface area contributed by atoms with Crippen molar-refractivity contribution in [3.05, 3.63) is 12.7 Å². The van der Waals surface area contributed by atoms with Gasteiger partial charge in [0.15, 0.2) is 0 Å². The Morgan fingerprint density at radius 1 is 1.71 bits per heavy atom. The molecule has 0 saturated carbocycles. The molecule has 0 aromatic rings. The highest BCUT2D eigenvalue weighted by Crippen LogP contribution is 2.03. The SMILES string of the molecule is C=CC(Br)[SiH](C)C. The summed E-state index contributed by atoms with van der Waals surface area (Å²) in [5, 5.41) is 0. The third-order valence-electron chi connectivity index (χ3n) is 0.862. The van der Waals surface area contributed by atoms with Gasteiger partial charge in [0.25, 0.3) is 0 Å². The zero-order valence-corrected chi connectivity index (χ0v) is 7.56. The summed E-state index contributed by atoms with van der Waals surface area (Å²) in [5.41, 5.74) is 0. The Bertz CT molecular complexity index is 61.1. The lowest BCUT2D eigenvalue weighted by molar-refractivity contribution is 1.58. The molecule has 0 saturated heterocycles. The van der Waals surface area contributed by atoms with Crippen molar-refractivity contribution in [2.45, 2.75) is 17.5 Å². The highest BCUT2D eigenvalue weighted by atomic mass is 79.9. The van der Waals surface area contributed by atoms with Crippen LogP contribution in [0.15, 0.2) is 12.7 Å². The van der Waals surface area contributed by atoms with Crippen molar-refractivity contribution in [2.24, 2.45) is 0 Å². The molecule has 0 amide bonds. The van der Waals surface area contributed by atoms with Gasteiger partial charge < -0.3 is 0 Å². The first kappa shape index (κ1) is 7.44. The fourth-order valence-electron chi connectivity index (χ4n) is 0.272. The van der Waals surface area contributed by atoms with Crippen molar-refractivity contribution >= 4 is 24.7 Å². The third kappa shape index (κ3) is 3.06. The van der Waals surface area contributed by atoms with Gasteiger partial charge >= 0.3 is 0 Å². The highest BCUT2D eigenvalue weighted by Gasteiger charge is 2.02. The molecule has 0 bridgehead atoms. The molecule has 1 atom stereocenters. The average molecular weight is 179 g/mol. The van der Waals surface area contributed by atoms with E-state index >= 15 is 0 Å². The number of hydrogen-bond donors (Lipinski definition) is 0. The standard InChI is InChI=1S/C5H11BrSi/c1-4-5(6)7(2)3/h4-5,7H,1H2,2-3H3. The summed E-state index contributed by atoms with van der Waals surface area (Å²) in [4.78, 5) is 0. The molecule has 0 aliphatic carbocycles. The summed E-state index contributed by atoms with van der Waals surface area (Å²) in [6.45, 7) is 8.26. The molecule has 0 nitrogen and oxygen atoms in total. The van der Waals surface area contributed by atoms with Crippen LogP contribution in [0.4, 0.5) is 0 Å². The summed E-state index contributed by atoms with van der Waals surface area (Å²) < 4.78 is 0.618. The van der Waals surface area contributed by atoms with E-state index in [1.165, 1.54) is 0 Å². The number of alkyl halides is 1. The first-order valence-electron chi connectivity index (χ1n) is 2.45. The Kier molecular flexibility index (Phi) is 3.65. The molecule has 2 heteroatoms. The van der Waals surface area contributed by atoms with Crippen molar-refractivity contribution in [1.29, 1.82) is 0 Å². The van der Waals surface area contributed by atoms with Gasteiger partial charge in [0.2, 0.25) is 0 Å². The highest BCUT2D eigenvalue weighted by molar-refractivity contribution is 9.10. The smallest absolute Gasteiger partial charge is 0.0513 e. The zero-order valence-electron chi connectivity index (χ0n) is 4.82. The Morgan fingerprint density at radius 3 is 2.14 bits per heavy atom. The van der Waals surface area contributed by atoms with Crippen molar-refractivity contribution in [1.82, 2.24) is 0 Å². The van der Waals surface area contributed by atoms with Crippen LogP contribution >= 0.6 is 15.9 Å². The molecule has 7 heavy (non-hydrogen) atoms. The molecule has 0 aliphatic rings. The lowest BCUT2D eigenvalue weighted by Gasteiger charge is -2.03. The van der Waals surface area contributed by atoms with Crippen LogP contribution in [0.3, 0.4) is 0 Å². The molecular formula is C5H11BrSi. The first-order valence-corrected chi connectivity index (χ1v) is 6.34. The Morgan fingerprint density at radius 2 is 2.14 bits per heavy atom. The molecule has 0 aromatic heterocycles. The minimum atomic E-state index is -0.466. The van der Waals surface area contributed by atoms with E-state index in [1.54, 1.807) is 0 Å². The van der Waals surface area contributed by atoms with Crippen LogP contribution in [0.1, 0.15) is 0 Å². The lowest BCUT2D eigenvalue weighted by Crippen LogP contribution is -2.13. The van der Waals surface area contributed by atoms with Gasteiger partial charge in [0.05, 0.1) is 8.80 Å². The van der Waals surface area contributed by atoms with Gasteiger partial charge in [-0.1, -0.05) is 35.1 Å². The minimum absolute atomic E-state index is 0.466. The number of rotatable bonds is 2. The summed E-state index contributed by atoms with van der Waals surface area (Å²) in [6.07, 6.45) is 1.97. The molecule has 0 rings (SSSR count). The molecule has 0 heterocycles. The maximum Gasteiger partial charge on any atom is 0.0513 e. The van der Waals surface area contributed by atoms with Crippen molar-refractivity contribution in [2.75, 3.05) is 0 Å². The van der Waals surface area contributed by atoms with Crippen LogP contribution in [-0.4, -0.2) is 13.2 Å². The van der Waals surface area contributed by atoms with Gasteiger partial charge in [0, 0.05) is 4.45 Å². The zero-order chi connectivity index (χ0) is 5.86. The van der Waals surface area contributed by atoms with Crippen molar-refractivity contribution in [3.63, 3.8) is 0 Å². The fourth-order valence-corrected chi connectivity index (χ4v) is 0.816. The van der Waals surface area contributed by atoms with Crippen LogP contribution in [0.2, 0.25) is 13.1 Å². The van der Waals surface area contributed by atoms with E-state index < -0.39 is 8.80 Å². The van der Waals surface area contributed by atoms with Crippen LogP contribution in [0.25, 0.3) is 0 Å². The molecule has 0 spiro atoms. The molecule has 0 aromatic carbocycles. The van der Waals surface area contributed by atoms with Crippen LogP contribution in [-0.2, 0) is 0 Å². The van der Waals surface area contributed by atoms with Crippen LogP contribution in [0.5, 0.6) is 0 Å². The average Bonchev–Trinajstić information content (AvgIpc) is 1.65. The van der Waals surface area contributed by atoms with E-state index in [9.17, 15) is 0 Å². The largest absolute Gasteiger partial charge is 0.102 e. The van der Waals surface area contributed by atoms with Gasteiger partial charge in [-0.3, -0.25) is 0 Å². The first-order chi connectivity index (χ1) is 3.18. The van der Waals surface area contributed by atoms with E-state index in [4.69, 9.17) is 0 Å². The molecule has 42 valence electrons. The monoisotopic (exact) mass is 178 g/mol. The van der Waals surface area contributed by atoms with Gasteiger partial charge in [0.1, 0.15) is 0 Å². The summed E-state index contributed by atoms with van der Waals surface area (Å²) in [7, 11) is -0.466. The normalized spacial score (nSPS) is 14.3. The predicted octanol–water partition coefficient (Wildman–Crippen LogP) is 1.96. The predicted molar refractivity (Wildman–Crippen MR) is 41.8 cm³/mol.